The molecule has 1 aromatic rings. The summed E-state index contributed by atoms with van der Waals surface area (Å²) in [6.07, 6.45) is 9.02. The van der Waals surface area contributed by atoms with Gasteiger partial charge in [0.25, 0.3) is 0 Å². The van der Waals surface area contributed by atoms with Gasteiger partial charge in [-0.25, -0.2) is 0 Å². The lowest BCUT2D eigenvalue weighted by Crippen LogP contribution is -2.12. The molecule has 1 aromatic heterocycles. The Kier molecular flexibility index (Phi) is 4.22. The van der Waals surface area contributed by atoms with Crippen LogP contribution in [0, 0.1) is 0 Å². The van der Waals surface area contributed by atoms with Crippen LogP contribution in [0.2, 0.25) is 0 Å². The van der Waals surface area contributed by atoms with Gasteiger partial charge in [0.2, 0.25) is 0 Å². The van der Waals surface area contributed by atoms with Gasteiger partial charge in [-0.2, -0.15) is 0 Å². The average molecular weight is 239 g/mol. The van der Waals surface area contributed by atoms with E-state index in [0.29, 0.717) is 6.04 Å². The SMILES string of the molecule is CCSc1c(OC)ccn1C1CCCCC1. The summed E-state index contributed by atoms with van der Waals surface area (Å²) in [6.45, 7) is 2.20. The molecule has 0 bridgehead atoms. The van der Waals surface area contributed by atoms with Crippen molar-refractivity contribution in [2.45, 2.75) is 50.1 Å². The van der Waals surface area contributed by atoms with Crippen molar-refractivity contribution in [1.82, 2.24) is 4.57 Å². The number of rotatable bonds is 4. The van der Waals surface area contributed by atoms with Crippen LogP contribution in [0.15, 0.2) is 17.3 Å². The number of hydrogen-bond donors (Lipinski definition) is 0. The zero-order valence-electron chi connectivity index (χ0n) is 10.2. The third kappa shape index (κ3) is 2.40. The molecule has 0 N–H and O–H groups in total. The van der Waals surface area contributed by atoms with Crippen molar-refractivity contribution < 1.29 is 4.74 Å². The van der Waals surface area contributed by atoms with Gasteiger partial charge in [-0.1, -0.05) is 26.2 Å². The number of aromatic nitrogens is 1. The summed E-state index contributed by atoms with van der Waals surface area (Å²) in [4.78, 5) is 0. The molecule has 90 valence electrons. The third-order valence-electron chi connectivity index (χ3n) is 3.30. The lowest BCUT2D eigenvalue weighted by Gasteiger charge is -2.25. The van der Waals surface area contributed by atoms with Crippen molar-refractivity contribution in [2.24, 2.45) is 0 Å². The molecule has 16 heavy (non-hydrogen) atoms. The highest BCUT2D eigenvalue weighted by Crippen LogP contribution is 2.37. The normalized spacial score (nSPS) is 17.6. The first-order chi connectivity index (χ1) is 7.86. The molecule has 1 aliphatic carbocycles. The van der Waals surface area contributed by atoms with E-state index >= 15 is 0 Å². The lowest BCUT2D eigenvalue weighted by atomic mass is 9.95. The Hall–Kier alpha value is -0.570. The minimum absolute atomic E-state index is 0.701. The molecule has 0 aromatic carbocycles. The van der Waals surface area contributed by atoms with Crippen LogP contribution in [0.5, 0.6) is 5.75 Å². The Morgan fingerprint density at radius 1 is 1.38 bits per heavy atom. The van der Waals surface area contributed by atoms with E-state index in [9.17, 15) is 0 Å². The molecule has 0 amide bonds. The molecule has 0 aliphatic heterocycles. The number of thioether (sulfide) groups is 1. The molecule has 1 heterocycles. The number of hydrogen-bond acceptors (Lipinski definition) is 2. The first-order valence-corrected chi connectivity index (χ1v) is 7.23. The van der Waals surface area contributed by atoms with Crippen molar-refractivity contribution in [2.75, 3.05) is 12.9 Å². The number of nitrogens with zero attached hydrogens (tertiary/aromatic N) is 1. The van der Waals surface area contributed by atoms with Crippen molar-refractivity contribution >= 4 is 11.8 Å². The zero-order valence-corrected chi connectivity index (χ0v) is 11.1. The fraction of sp³-hybridized carbons (Fsp3) is 0.692. The maximum atomic E-state index is 5.43. The molecular weight excluding hydrogens is 218 g/mol. The van der Waals surface area contributed by atoms with Gasteiger partial charge in [-0.3, -0.25) is 0 Å². The molecule has 3 heteroatoms. The van der Waals surface area contributed by atoms with Gasteiger partial charge in [0.15, 0.2) is 5.75 Å². The number of methoxy groups -OCH3 is 1. The predicted molar refractivity (Wildman–Crippen MR) is 69.5 cm³/mol. The van der Waals surface area contributed by atoms with Gasteiger partial charge in [-0.15, -0.1) is 11.8 Å². The first-order valence-electron chi connectivity index (χ1n) is 6.24. The van der Waals surface area contributed by atoms with Crippen LogP contribution in [0.3, 0.4) is 0 Å². The van der Waals surface area contributed by atoms with Crippen LogP contribution in [0.25, 0.3) is 0 Å². The second kappa shape index (κ2) is 5.67. The van der Waals surface area contributed by atoms with Crippen molar-refractivity contribution in [3.8, 4) is 5.75 Å². The summed E-state index contributed by atoms with van der Waals surface area (Å²) < 4.78 is 7.86. The molecule has 0 saturated heterocycles. The third-order valence-corrected chi connectivity index (χ3v) is 4.27. The van der Waals surface area contributed by atoms with E-state index in [-0.39, 0.29) is 0 Å². The quantitative estimate of drug-likeness (QED) is 0.734. The van der Waals surface area contributed by atoms with Crippen molar-refractivity contribution in [3.63, 3.8) is 0 Å². The van der Waals surface area contributed by atoms with E-state index in [1.54, 1.807) is 7.11 Å². The standard InChI is InChI=1S/C13H21NOS/c1-3-16-13-12(15-2)9-10-14(13)11-7-5-4-6-8-11/h9-11H,3-8H2,1-2H3. The molecular formula is C13H21NOS. The van der Waals surface area contributed by atoms with Gasteiger partial charge in [0.05, 0.1) is 7.11 Å². The van der Waals surface area contributed by atoms with Gasteiger partial charge in [0, 0.05) is 12.2 Å². The molecule has 0 spiro atoms. The minimum atomic E-state index is 0.701. The van der Waals surface area contributed by atoms with E-state index < -0.39 is 0 Å². The highest BCUT2D eigenvalue weighted by Gasteiger charge is 2.19. The highest BCUT2D eigenvalue weighted by atomic mass is 32.2. The van der Waals surface area contributed by atoms with Gasteiger partial charge < -0.3 is 9.30 Å². The molecule has 2 nitrogen and oxygen atoms in total. The molecule has 0 radical (unpaired) electrons. The molecule has 0 unspecified atom stereocenters. The fourth-order valence-electron chi connectivity index (χ4n) is 2.50. The summed E-state index contributed by atoms with van der Waals surface area (Å²) >= 11 is 1.89. The summed E-state index contributed by atoms with van der Waals surface area (Å²) in [5.74, 6) is 2.14. The Morgan fingerprint density at radius 2 is 2.12 bits per heavy atom. The maximum absolute atomic E-state index is 5.43. The summed E-state index contributed by atoms with van der Waals surface area (Å²) in [5, 5.41) is 1.32. The predicted octanol–water partition coefficient (Wildman–Crippen LogP) is 4.11. The molecule has 1 aliphatic rings. The van der Waals surface area contributed by atoms with E-state index in [1.807, 2.05) is 11.8 Å². The van der Waals surface area contributed by atoms with E-state index in [1.165, 1.54) is 37.1 Å². The van der Waals surface area contributed by atoms with Crippen molar-refractivity contribution in [1.29, 1.82) is 0 Å². The maximum Gasteiger partial charge on any atom is 0.150 e. The highest BCUT2D eigenvalue weighted by molar-refractivity contribution is 7.99. The summed E-state index contributed by atoms with van der Waals surface area (Å²) in [5.41, 5.74) is 0. The first kappa shape index (κ1) is 11.9. The van der Waals surface area contributed by atoms with Crippen LogP contribution in [0.1, 0.15) is 45.1 Å². The van der Waals surface area contributed by atoms with E-state index in [0.717, 1.165) is 11.5 Å². The van der Waals surface area contributed by atoms with Gasteiger partial charge >= 0.3 is 0 Å². The monoisotopic (exact) mass is 239 g/mol. The van der Waals surface area contributed by atoms with Crippen molar-refractivity contribution in [3.05, 3.63) is 12.3 Å². The Labute approximate surface area is 102 Å². The smallest absolute Gasteiger partial charge is 0.150 e. The largest absolute Gasteiger partial charge is 0.494 e. The zero-order chi connectivity index (χ0) is 11.4. The van der Waals surface area contributed by atoms with Crippen LogP contribution in [-0.2, 0) is 0 Å². The Morgan fingerprint density at radius 3 is 2.75 bits per heavy atom. The number of ether oxygens (including phenoxy) is 1. The lowest BCUT2D eigenvalue weighted by molar-refractivity contribution is 0.330. The summed E-state index contributed by atoms with van der Waals surface area (Å²) in [6, 6.07) is 2.80. The second-order valence-corrected chi connectivity index (χ2v) is 5.57. The van der Waals surface area contributed by atoms with Crippen LogP contribution in [-0.4, -0.2) is 17.4 Å². The summed E-state index contributed by atoms with van der Waals surface area (Å²) in [7, 11) is 1.76. The van der Waals surface area contributed by atoms with E-state index in [4.69, 9.17) is 4.74 Å². The average Bonchev–Trinajstić information content (AvgIpc) is 2.74. The minimum Gasteiger partial charge on any atom is -0.494 e. The van der Waals surface area contributed by atoms with Crippen LogP contribution in [0.4, 0.5) is 0 Å². The molecule has 0 atom stereocenters. The second-order valence-electron chi connectivity index (χ2n) is 4.32. The Balaban J connectivity index is 2.20. The van der Waals surface area contributed by atoms with Gasteiger partial charge in [-0.05, 0) is 24.7 Å². The van der Waals surface area contributed by atoms with Crippen LogP contribution < -0.4 is 4.74 Å². The molecule has 2 rings (SSSR count). The Bertz CT molecular complexity index is 329. The fourth-order valence-corrected chi connectivity index (χ4v) is 3.42. The molecule has 1 fully saturated rings. The van der Waals surface area contributed by atoms with Gasteiger partial charge in [0.1, 0.15) is 5.03 Å². The van der Waals surface area contributed by atoms with E-state index in [2.05, 4.69) is 23.8 Å². The molecule has 1 saturated carbocycles. The van der Waals surface area contributed by atoms with Crippen LogP contribution >= 0.6 is 11.8 Å². The topological polar surface area (TPSA) is 14.2 Å².